The molecule has 13 heavy (non-hydrogen) atoms. The average Bonchev–Trinajstić information content (AvgIpc) is 2.39. The summed E-state index contributed by atoms with van der Waals surface area (Å²) in [6, 6.07) is 0. The maximum atomic E-state index is 6.94. The standard InChI is InChI=1S/C6H10N4S.2BrH/c7-6(8)11-2-1-5-3-9-4-10-5;;/h3-4H,1-2H2,(H3,7,8)(H,9,10);2*1H. The van der Waals surface area contributed by atoms with Gasteiger partial charge in [0, 0.05) is 17.6 Å². The lowest BCUT2D eigenvalue weighted by molar-refractivity contribution is 1.08. The summed E-state index contributed by atoms with van der Waals surface area (Å²) >= 11 is 1.34. The maximum absolute atomic E-state index is 6.94. The molecule has 0 saturated carbocycles. The summed E-state index contributed by atoms with van der Waals surface area (Å²) in [7, 11) is 0. The Bertz CT molecular complexity index is 227. The Morgan fingerprint density at radius 1 is 1.62 bits per heavy atom. The van der Waals surface area contributed by atoms with Crippen LogP contribution in [0.2, 0.25) is 0 Å². The number of hydrogen-bond acceptors (Lipinski definition) is 3. The highest BCUT2D eigenvalue weighted by Gasteiger charge is 1.94. The Morgan fingerprint density at radius 2 is 2.31 bits per heavy atom. The van der Waals surface area contributed by atoms with Gasteiger partial charge in [0.2, 0.25) is 0 Å². The number of hydrogen-bond donors (Lipinski definition) is 3. The van der Waals surface area contributed by atoms with Crippen LogP contribution in [-0.2, 0) is 6.42 Å². The van der Waals surface area contributed by atoms with Gasteiger partial charge in [-0.3, -0.25) is 5.41 Å². The first-order valence-electron chi connectivity index (χ1n) is 3.23. The quantitative estimate of drug-likeness (QED) is 0.583. The van der Waals surface area contributed by atoms with Crippen LogP contribution >= 0.6 is 45.7 Å². The van der Waals surface area contributed by atoms with Crippen molar-refractivity contribution in [1.29, 1.82) is 5.41 Å². The molecule has 0 unspecified atom stereocenters. The second-order valence-corrected chi connectivity index (χ2v) is 3.18. The molecule has 0 aliphatic rings. The van der Waals surface area contributed by atoms with E-state index in [1.54, 1.807) is 12.5 Å². The number of thioether (sulfide) groups is 1. The van der Waals surface area contributed by atoms with Gasteiger partial charge in [0.1, 0.15) is 0 Å². The molecule has 0 atom stereocenters. The number of aryl methyl sites for hydroxylation is 1. The summed E-state index contributed by atoms with van der Waals surface area (Å²) in [4.78, 5) is 6.85. The molecule has 4 nitrogen and oxygen atoms in total. The van der Waals surface area contributed by atoms with Crippen molar-refractivity contribution in [3.05, 3.63) is 18.2 Å². The van der Waals surface area contributed by atoms with Crippen molar-refractivity contribution in [2.24, 2.45) is 5.73 Å². The first-order chi connectivity index (χ1) is 5.29. The molecule has 0 radical (unpaired) electrons. The fourth-order valence-electron chi connectivity index (χ4n) is 0.692. The third-order valence-corrected chi connectivity index (χ3v) is 1.90. The minimum absolute atomic E-state index is 0. The molecule has 0 amide bonds. The molecule has 0 aromatic carbocycles. The molecular weight excluding hydrogens is 320 g/mol. The topological polar surface area (TPSA) is 78.6 Å². The number of aromatic amines is 1. The van der Waals surface area contributed by atoms with Gasteiger partial charge in [-0.1, -0.05) is 11.8 Å². The van der Waals surface area contributed by atoms with Crippen LogP contribution in [0.4, 0.5) is 0 Å². The van der Waals surface area contributed by atoms with Crippen molar-refractivity contribution in [2.45, 2.75) is 6.42 Å². The summed E-state index contributed by atoms with van der Waals surface area (Å²) in [5, 5.41) is 7.11. The number of nitrogens with one attached hydrogen (secondary N) is 2. The van der Waals surface area contributed by atoms with Gasteiger partial charge in [0.15, 0.2) is 5.17 Å². The fraction of sp³-hybridized carbons (Fsp3) is 0.333. The predicted molar refractivity (Wildman–Crippen MR) is 67.3 cm³/mol. The molecular formula is C6H12Br2N4S. The Hall–Kier alpha value is -0.0100. The van der Waals surface area contributed by atoms with Gasteiger partial charge in [0.25, 0.3) is 0 Å². The van der Waals surface area contributed by atoms with Gasteiger partial charge in [-0.15, -0.1) is 34.0 Å². The van der Waals surface area contributed by atoms with E-state index in [4.69, 9.17) is 11.1 Å². The predicted octanol–water partition coefficient (Wildman–Crippen LogP) is 1.73. The zero-order valence-electron chi connectivity index (χ0n) is 6.82. The molecule has 7 heteroatoms. The highest BCUT2D eigenvalue weighted by Crippen LogP contribution is 2.02. The molecule has 0 aliphatic heterocycles. The highest BCUT2D eigenvalue weighted by molar-refractivity contribution is 8.93. The van der Waals surface area contributed by atoms with Gasteiger partial charge >= 0.3 is 0 Å². The van der Waals surface area contributed by atoms with Crippen LogP contribution in [-0.4, -0.2) is 20.9 Å². The van der Waals surface area contributed by atoms with E-state index in [9.17, 15) is 0 Å². The monoisotopic (exact) mass is 330 g/mol. The number of rotatable bonds is 3. The van der Waals surface area contributed by atoms with E-state index in [0.717, 1.165) is 17.9 Å². The summed E-state index contributed by atoms with van der Waals surface area (Å²) in [5.74, 6) is 0.831. The second kappa shape index (κ2) is 8.58. The van der Waals surface area contributed by atoms with Gasteiger partial charge < -0.3 is 10.7 Å². The maximum Gasteiger partial charge on any atom is 0.151 e. The normalized spacial score (nSPS) is 8.31. The molecule has 1 heterocycles. The van der Waals surface area contributed by atoms with Crippen molar-refractivity contribution >= 4 is 50.9 Å². The van der Waals surface area contributed by atoms with Gasteiger partial charge in [-0.05, 0) is 6.42 Å². The number of H-pyrrole nitrogens is 1. The first kappa shape index (κ1) is 15.5. The molecule has 0 spiro atoms. The second-order valence-electron chi connectivity index (χ2n) is 2.04. The smallest absolute Gasteiger partial charge is 0.151 e. The molecule has 76 valence electrons. The van der Waals surface area contributed by atoms with E-state index in [1.165, 1.54) is 11.8 Å². The fourth-order valence-corrected chi connectivity index (χ4v) is 1.23. The van der Waals surface area contributed by atoms with E-state index < -0.39 is 0 Å². The SMILES string of the molecule is Br.Br.N=C(N)SCCc1cnc[nH]1. The van der Waals surface area contributed by atoms with Crippen molar-refractivity contribution < 1.29 is 0 Å². The zero-order valence-corrected chi connectivity index (χ0v) is 11.1. The summed E-state index contributed by atoms with van der Waals surface area (Å²) in [6.07, 6.45) is 4.30. The molecule has 0 fully saturated rings. The average molecular weight is 332 g/mol. The van der Waals surface area contributed by atoms with Gasteiger partial charge in [-0.25, -0.2) is 4.98 Å². The number of imidazole rings is 1. The van der Waals surface area contributed by atoms with E-state index in [0.29, 0.717) is 0 Å². The van der Waals surface area contributed by atoms with E-state index in [2.05, 4.69) is 9.97 Å². The van der Waals surface area contributed by atoms with Crippen LogP contribution in [0.3, 0.4) is 0 Å². The summed E-state index contributed by atoms with van der Waals surface area (Å²) < 4.78 is 0. The van der Waals surface area contributed by atoms with Crippen LogP contribution in [0, 0.1) is 5.41 Å². The molecule has 0 bridgehead atoms. The molecule has 0 saturated heterocycles. The molecule has 4 N–H and O–H groups in total. The first-order valence-corrected chi connectivity index (χ1v) is 4.21. The zero-order chi connectivity index (χ0) is 8.10. The Kier molecular flexibility index (Phi) is 10.2. The molecule has 1 rings (SSSR count). The van der Waals surface area contributed by atoms with Crippen LogP contribution < -0.4 is 5.73 Å². The van der Waals surface area contributed by atoms with E-state index in [1.807, 2.05) is 0 Å². The van der Waals surface area contributed by atoms with Gasteiger partial charge in [-0.2, -0.15) is 0 Å². The molecule has 1 aromatic heterocycles. The minimum Gasteiger partial charge on any atom is -0.379 e. The molecule has 1 aromatic rings. The number of amidine groups is 1. The van der Waals surface area contributed by atoms with Crippen LogP contribution in [0.15, 0.2) is 12.5 Å². The van der Waals surface area contributed by atoms with Crippen LogP contribution in [0.1, 0.15) is 5.69 Å². The van der Waals surface area contributed by atoms with E-state index in [-0.39, 0.29) is 39.1 Å². The van der Waals surface area contributed by atoms with Crippen molar-refractivity contribution in [3.8, 4) is 0 Å². The minimum atomic E-state index is 0. The molecule has 0 aliphatic carbocycles. The Balaban J connectivity index is 0. The lowest BCUT2D eigenvalue weighted by Crippen LogP contribution is -2.05. The summed E-state index contributed by atoms with van der Waals surface area (Å²) in [5.41, 5.74) is 6.23. The lowest BCUT2D eigenvalue weighted by Gasteiger charge is -1.95. The van der Waals surface area contributed by atoms with Crippen LogP contribution in [0.25, 0.3) is 0 Å². The largest absolute Gasteiger partial charge is 0.379 e. The lowest BCUT2D eigenvalue weighted by atomic mass is 10.4. The number of halogens is 2. The Labute approximate surface area is 102 Å². The van der Waals surface area contributed by atoms with E-state index >= 15 is 0 Å². The summed E-state index contributed by atoms with van der Waals surface area (Å²) in [6.45, 7) is 0. The van der Waals surface area contributed by atoms with Gasteiger partial charge in [0.05, 0.1) is 6.33 Å². The number of nitrogens with two attached hydrogens (primary N) is 1. The van der Waals surface area contributed by atoms with Crippen molar-refractivity contribution in [1.82, 2.24) is 9.97 Å². The van der Waals surface area contributed by atoms with Crippen LogP contribution in [0.5, 0.6) is 0 Å². The third kappa shape index (κ3) is 7.09. The third-order valence-electron chi connectivity index (χ3n) is 1.18. The Morgan fingerprint density at radius 3 is 2.77 bits per heavy atom. The number of aromatic nitrogens is 2. The number of nitrogens with zero attached hydrogens (tertiary/aromatic N) is 1. The van der Waals surface area contributed by atoms with Crippen molar-refractivity contribution in [2.75, 3.05) is 5.75 Å². The highest BCUT2D eigenvalue weighted by atomic mass is 79.9. The van der Waals surface area contributed by atoms with Crippen molar-refractivity contribution in [3.63, 3.8) is 0 Å².